The van der Waals surface area contributed by atoms with Crippen LogP contribution in [0.3, 0.4) is 0 Å². The first-order valence-electron chi connectivity index (χ1n) is 25.4. The summed E-state index contributed by atoms with van der Waals surface area (Å²) >= 11 is 3.19. The maximum atomic E-state index is 14.5. The van der Waals surface area contributed by atoms with Gasteiger partial charge in [0.2, 0.25) is 47.3 Å². The molecule has 8 amide bonds. The first-order valence-corrected chi connectivity index (χ1v) is 27.5. The molecule has 18 nitrogen and oxygen atoms in total. The molecule has 0 bridgehead atoms. The molecule has 7 rings (SSSR count). The quantitative estimate of drug-likeness (QED) is 0.0919. The summed E-state index contributed by atoms with van der Waals surface area (Å²) in [4.78, 5) is 115. The predicted molar refractivity (Wildman–Crippen MR) is 285 cm³/mol. The number of likely N-dealkylation sites (N-methyl/N-ethyl adjacent to an activating group) is 2. The van der Waals surface area contributed by atoms with Crippen LogP contribution in [0.15, 0.2) is 84.9 Å². The summed E-state index contributed by atoms with van der Waals surface area (Å²) in [7, 11) is 3.34. The van der Waals surface area contributed by atoms with Gasteiger partial charge in [-0.1, -0.05) is 113 Å². The van der Waals surface area contributed by atoms with Gasteiger partial charge in [0.1, 0.15) is 36.3 Å². The van der Waals surface area contributed by atoms with Crippen molar-refractivity contribution in [2.75, 3.05) is 25.6 Å². The topological polar surface area (TPSA) is 239 Å². The molecule has 8 N–H and O–H groups in total. The Hall–Kier alpha value is -5.96. The Morgan fingerprint density at radius 1 is 0.554 bits per heavy atom. The zero-order valence-corrected chi connectivity index (χ0v) is 45.1. The van der Waals surface area contributed by atoms with E-state index in [1.165, 1.54) is 0 Å². The van der Waals surface area contributed by atoms with Gasteiger partial charge in [-0.2, -0.15) is 0 Å². The van der Waals surface area contributed by atoms with Crippen molar-refractivity contribution in [2.24, 2.45) is 10.8 Å². The van der Waals surface area contributed by atoms with E-state index in [0.717, 1.165) is 11.1 Å². The molecule has 20 heteroatoms. The number of carbonyl (C=O) groups excluding carboxylic acids is 8. The van der Waals surface area contributed by atoms with E-state index >= 15 is 0 Å². The largest absolute Gasteiger partial charge is 0.350 e. The summed E-state index contributed by atoms with van der Waals surface area (Å²) in [6.07, 6.45) is 1.98. The lowest BCUT2D eigenvalue weighted by Crippen LogP contribution is -2.58. The molecule has 0 aromatic heterocycles. The summed E-state index contributed by atoms with van der Waals surface area (Å²) in [5.41, 5.74) is 1.35. The molecule has 3 aromatic carbocycles. The molecule has 4 aliphatic heterocycles. The highest BCUT2D eigenvalue weighted by molar-refractivity contribution is 8.00. The highest BCUT2D eigenvalue weighted by atomic mass is 32.2. The second-order valence-electron chi connectivity index (χ2n) is 21.0. The van der Waals surface area contributed by atoms with Crippen LogP contribution in [0.2, 0.25) is 0 Å². The average Bonchev–Trinajstić information content (AvgIpc) is 3.71. The number of amides is 8. The summed E-state index contributed by atoms with van der Waals surface area (Å²) in [5, 5.41) is 22.9. The molecule has 398 valence electrons. The number of nitrogens with one attached hydrogen (secondary N) is 8. The molecular formula is C54H72N10O8S2. The standard InChI is InChI=1S/C54H72N10O8S2/c1-31(55-7)45(65)59-37-23-25-73-39-27-53(3,4)43(63(39)51(37)71)49(69)61-41(35-15-11-9-12-16-35)47(67)57-29-33-19-21-34(22-20-33)30-58-48(68)42(36-17-13-10-14-18-36)62-50(70)44-54(5,6)28-40-64(44)52(72)38(24-26-74-40)60-46(66)32(2)56-8/h9-22,31-32,37-44,55-56H,23-30H2,1-8H3,(H,57,67)(H,58,68)(H,59,65)(H,60,66)(H,61,69)(H,62,70)/t31-,32-,37-,38+,39-,40-,41+,42-,43+,44+/m0/s1. The third kappa shape index (κ3) is 12.7. The third-order valence-electron chi connectivity index (χ3n) is 14.7. The minimum atomic E-state index is -1.09. The van der Waals surface area contributed by atoms with Crippen molar-refractivity contribution in [2.45, 2.75) is 139 Å². The first kappa shape index (κ1) is 55.8. The van der Waals surface area contributed by atoms with Gasteiger partial charge in [-0.05, 0) is 98.2 Å². The van der Waals surface area contributed by atoms with Crippen molar-refractivity contribution < 1.29 is 38.4 Å². The summed E-state index contributed by atoms with van der Waals surface area (Å²) in [6, 6.07) is 18.5. The predicted octanol–water partition coefficient (Wildman–Crippen LogP) is 3.00. The number of nitrogens with zero attached hydrogens (tertiary/aromatic N) is 2. The molecule has 0 saturated carbocycles. The van der Waals surface area contributed by atoms with E-state index in [1.54, 1.807) is 110 Å². The van der Waals surface area contributed by atoms with Gasteiger partial charge >= 0.3 is 0 Å². The van der Waals surface area contributed by atoms with E-state index < -0.39 is 82.8 Å². The Morgan fingerprint density at radius 2 is 0.905 bits per heavy atom. The smallest absolute Gasteiger partial charge is 0.247 e. The Morgan fingerprint density at radius 3 is 1.24 bits per heavy atom. The molecule has 4 saturated heterocycles. The van der Waals surface area contributed by atoms with E-state index in [4.69, 9.17) is 0 Å². The second-order valence-corrected chi connectivity index (χ2v) is 23.6. The molecule has 3 aromatic rings. The van der Waals surface area contributed by atoms with E-state index in [-0.39, 0.29) is 47.5 Å². The fourth-order valence-electron chi connectivity index (χ4n) is 10.3. The molecule has 0 spiro atoms. The van der Waals surface area contributed by atoms with Gasteiger partial charge in [0.05, 0.1) is 22.8 Å². The molecule has 74 heavy (non-hydrogen) atoms. The van der Waals surface area contributed by atoms with Crippen LogP contribution >= 0.6 is 23.5 Å². The summed E-state index contributed by atoms with van der Waals surface area (Å²) in [5.74, 6) is -1.84. The molecule has 4 heterocycles. The van der Waals surface area contributed by atoms with Crippen LogP contribution in [-0.4, -0.2) is 130 Å². The van der Waals surface area contributed by atoms with Gasteiger partial charge < -0.3 is 52.3 Å². The Balaban J connectivity index is 0.994. The number of hydrogen-bond donors (Lipinski definition) is 8. The highest BCUT2D eigenvalue weighted by Gasteiger charge is 2.56. The van der Waals surface area contributed by atoms with Crippen LogP contribution < -0.4 is 42.5 Å². The van der Waals surface area contributed by atoms with Crippen molar-refractivity contribution in [1.82, 2.24) is 52.3 Å². The third-order valence-corrected chi connectivity index (χ3v) is 17.2. The average molecular weight is 1050 g/mol. The van der Waals surface area contributed by atoms with Crippen molar-refractivity contribution in [3.8, 4) is 0 Å². The van der Waals surface area contributed by atoms with Gasteiger partial charge in [0, 0.05) is 13.1 Å². The lowest BCUT2D eigenvalue weighted by atomic mass is 9.83. The molecule has 4 fully saturated rings. The maximum absolute atomic E-state index is 14.5. The zero-order valence-electron chi connectivity index (χ0n) is 43.5. The van der Waals surface area contributed by atoms with Crippen LogP contribution in [0.5, 0.6) is 0 Å². The van der Waals surface area contributed by atoms with Crippen molar-refractivity contribution in [1.29, 1.82) is 0 Å². The van der Waals surface area contributed by atoms with Crippen LogP contribution in [0.25, 0.3) is 0 Å². The van der Waals surface area contributed by atoms with Crippen LogP contribution in [-0.2, 0) is 51.4 Å². The lowest BCUT2D eigenvalue weighted by Gasteiger charge is -2.35. The minimum absolute atomic E-state index is 0.121. The minimum Gasteiger partial charge on any atom is -0.350 e. The van der Waals surface area contributed by atoms with Gasteiger partial charge in [0.15, 0.2) is 0 Å². The fourth-order valence-corrected chi connectivity index (χ4v) is 13.4. The Labute approximate surface area is 442 Å². The van der Waals surface area contributed by atoms with Crippen molar-refractivity contribution in [3.63, 3.8) is 0 Å². The molecule has 0 unspecified atom stereocenters. The van der Waals surface area contributed by atoms with Crippen LogP contribution in [0, 0.1) is 10.8 Å². The SMILES string of the molecule is CN[C@@H](C)C(=O)N[C@H]1CCS[C@H]2CC(C)(C)[C@@H](C(=O)N[C@@H](C(=O)NCc3ccc(CNC(=O)[C@@H](NC(=O)[C@H]4N5C(=O)[C@H](NC(=O)[C@H](C)NC)CCS[C@H]5CC4(C)C)c4ccccc4)cc3)c3ccccc3)N2C1=O. The number of hydrogen-bond acceptors (Lipinski definition) is 12. The Bertz CT molecular complexity index is 2360. The molecule has 10 atom stereocenters. The van der Waals surface area contributed by atoms with Gasteiger partial charge in [-0.3, -0.25) is 38.4 Å². The van der Waals surface area contributed by atoms with Crippen molar-refractivity contribution >= 4 is 70.8 Å². The van der Waals surface area contributed by atoms with Gasteiger partial charge in [0.25, 0.3) is 0 Å². The Kier molecular flexibility index (Phi) is 18.2. The first-order chi connectivity index (χ1) is 35.2. The van der Waals surface area contributed by atoms with Gasteiger partial charge in [-0.15, -0.1) is 23.5 Å². The number of thioether (sulfide) groups is 2. The number of rotatable bonds is 18. The summed E-state index contributed by atoms with van der Waals surface area (Å²) < 4.78 is 0. The summed E-state index contributed by atoms with van der Waals surface area (Å²) in [6.45, 7) is 11.4. The molecule has 0 radical (unpaired) electrons. The number of fused-ring (bicyclic) bond motifs is 2. The second kappa shape index (κ2) is 24.1. The molecule has 4 aliphatic rings. The maximum Gasteiger partial charge on any atom is 0.247 e. The van der Waals surface area contributed by atoms with Crippen LogP contribution in [0.4, 0.5) is 0 Å². The van der Waals surface area contributed by atoms with Gasteiger partial charge in [-0.25, -0.2) is 0 Å². The van der Waals surface area contributed by atoms with Crippen molar-refractivity contribution in [3.05, 3.63) is 107 Å². The highest BCUT2D eigenvalue weighted by Crippen LogP contribution is 2.48. The number of benzene rings is 3. The van der Waals surface area contributed by atoms with E-state index in [0.29, 0.717) is 48.3 Å². The monoisotopic (exact) mass is 1050 g/mol. The van der Waals surface area contributed by atoms with E-state index in [1.807, 2.05) is 64.1 Å². The fraction of sp³-hybridized carbons (Fsp3) is 0.519. The van der Waals surface area contributed by atoms with E-state index in [2.05, 4.69) is 42.5 Å². The zero-order chi connectivity index (χ0) is 53.5. The van der Waals surface area contributed by atoms with E-state index in [9.17, 15) is 38.4 Å². The molecule has 0 aliphatic carbocycles. The lowest BCUT2D eigenvalue weighted by molar-refractivity contribution is -0.144. The number of carbonyl (C=O) groups is 8. The normalized spacial score (nSPS) is 24.6. The van der Waals surface area contributed by atoms with Crippen LogP contribution in [0.1, 0.15) is 102 Å². The molecular weight excluding hydrogens is 981 g/mol.